The molecule has 4 heteroatoms. The molecule has 0 heterocycles. The Morgan fingerprint density at radius 2 is 1.87 bits per heavy atom. The fourth-order valence-electron chi connectivity index (χ4n) is 2.27. The van der Waals surface area contributed by atoms with Crippen molar-refractivity contribution >= 4 is 5.91 Å². The van der Waals surface area contributed by atoms with Crippen LogP contribution < -0.4 is 15.8 Å². The summed E-state index contributed by atoms with van der Waals surface area (Å²) in [6.45, 7) is 4.94. The van der Waals surface area contributed by atoms with Crippen molar-refractivity contribution in [2.24, 2.45) is 5.73 Å². The number of ether oxygens (including phenoxy) is 1. The number of nitrogens with one attached hydrogen (secondary N) is 1. The topological polar surface area (TPSA) is 64.3 Å². The standard InChI is InChI=1S/C19H24N2O2/c1-19(2,11-12-20)21-18(22)16-9-6-10-17(13-16)23-14-15-7-4-3-5-8-15/h3-10,13H,11-12,14,20H2,1-2H3,(H,21,22). The van der Waals surface area contributed by atoms with E-state index in [9.17, 15) is 4.79 Å². The number of hydrogen-bond acceptors (Lipinski definition) is 3. The normalized spacial score (nSPS) is 11.1. The minimum Gasteiger partial charge on any atom is -0.489 e. The van der Waals surface area contributed by atoms with Crippen LogP contribution in [0.4, 0.5) is 0 Å². The van der Waals surface area contributed by atoms with Crippen molar-refractivity contribution < 1.29 is 9.53 Å². The summed E-state index contributed by atoms with van der Waals surface area (Å²) in [5.41, 5.74) is 6.92. The van der Waals surface area contributed by atoms with Crippen molar-refractivity contribution in [1.82, 2.24) is 5.32 Å². The van der Waals surface area contributed by atoms with E-state index in [1.165, 1.54) is 0 Å². The molecule has 23 heavy (non-hydrogen) atoms. The van der Waals surface area contributed by atoms with Gasteiger partial charge in [-0.2, -0.15) is 0 Å². The van der Waals surface area contributed by atoms with Crippen molar-refractivity contribution in [3.8, 4) is 5.75 Å². The van der Waals surface area contributed by atoms with Gasteiger partial charge in [-0.3, -0.25) is 4.79 Å². The van der Waals surface area contributed by atoms with E-state index < -0.39 is 0 Å². The molecule has 0 bridgehead atoms. The molecule has 2 rings (SSSR count). The molecule has 0 radical (unpaired) electrons. The lowest BCUT2D eigenvalue weighted by atomic mass is 10.00. The van der Waals surface area contributed by atoms with E-state index in [4.69, 9.17) is 10.5 Å². The van der Waals surface area contributed by atoms with Gasteiger partial charge >= 0.3 is 0 Å². The molecule has 4 nitrogen and oxygen atoms in total. The van der Waals surface area contributed by atoms with Crippen molar-refractivity contribution in [2.75, 3.05) is 6.54 Å². The summed E-state index contributed by atoms with van der Waals surface area (Å²) in [4.78, 5) is 12.4. The van der Waals surface area contributed by atoms with E-state index in [1.807, 2.05) is 56.3 Å². The van der Waals surface area contributed by atoms with Gasteiger partial charge in [0.2, 0.25) is 0 Å². The average Bonchev–Trinajstić information content (AvgIpc) is 2.53. The zero-order valence-corrected chi connectivity index (χ0v) is 13.7. The van der Waals surface area contributed by atoms with Gasteiger partial charge in [-0.15, -0.1) is 0 Å². The Morgan fingerprint density at radius 1 is 1.13 bits per heavy atom. The van der Waals surface area contributed by atoms with Crippen LogP contribution in [0.25, 0.3) is 0 Å². The first-order chi connectivity index (χ1) is 11.0. The molecule has 0 spiro atoms. The molecule has 0 unspecified atom stereocenters. The zero-order valence-electron chi connectivity index (χ0n) is 13.7. The predicted molar refractivity (Wildman–Crippen MR) is 92.4 cm³/mol. The molecule has 0 saturated carbocycles. The Hall–Kier alpha value is -2.33. The molecule has 0 aliphatic heterocycles. The summed E-state index contributed by atoms with van der Waals surface area (Å²) in [6, 6.07) is 17.1. The summed E-state index contributed by atoms with van der Waals surface area (Å²) >= 11 is 0. The van der Waals surface area contributed by atoms with E-state index >= 15 is 0 Å². The van der Waals surface area contributed by atoms with Gasteiger partial charge in [0.1, 0.15) is 12.4 Å². The smallest absolute Gasteiger partial charge is 0.251 e. The first-order valence-corrected chi connectivity index (χ1v) is 7.79. The van der Waals surface area contributed by atoms with Crippen molar-refractivity contribution in [1.29, 1.82) is 0 Å². The number of carbonyl (C=O) groups excluding carboxylic acids is 1. The predicted octanol–water partition coefficient (Wildman–Crippen LogP) is 3.12. The highest BCUT2D eigenvalue weighted by Gasteiger charge is 2.20. The second-order valence-electron chi connectivity index (χ2n) is 6.18. The largest absolute Gasteiger partial charge is 0.489 e. The third-order valence-corrected chi connectivity index (χ3v) is 3.57. The van der Waals surface area contributed by atoms with Crippen LogP contribution in [0.15, 0.2) is 54.6 Å². The van der Waals surface area contributed by atoms with Gasteiger partial charge in [-0.05, 0) is 50.6 Å². The number of benzene rings is 2. The average molecular weight is 312 g/mol. The maximum Gasteiger partial charge on any atom is 0.251 e. The maximum atomic E-state index is 12.4. The number of nitrogens with two attached hydrogens (primary N) is 1. The SMILES string of the molecule is CC(C)(CCN)NC(=O)c1cccc(OCc2ccccc2)c1. The molecule has 1 amide bonds. The van der Waals surface area contributed by atoms with Gasteiger partial charge in [0, 0.05) is 11.1 Å². The number of hydrogen-bond donors (Lipinski definition) is 2. The van der Waals surface area contributed by atoms with E-state index in [-0.39, 0.29) is 11.4 Å². The van der Waals surface area contributed by atoms with Crippen molar-refractivity contribution in [3.05, 3.63) is 65.7 Å². The van der Waals surface area contributed by atoms with Crippen LogP contribution in [-0.2, 0) is 6.61 Å². The summed E-state index contributed by atoms with van der Waals surface area (Å²) in [5, 5.41) is 3.00. The van der Waals surface area contributed by atoms with Crippen LogP contribution in [0.1, 0.15) is 36.2 Å². The minimum absolute atomic E-state index is 0.117. The molecular formula is C19H24N2O2. The number of rotatable bonds is 7. The molecule has 0 fully saturated rings. The monoisotopic (exact) mass is 312 g/mol. The van der Waals surface area contributed by atoms with Gasteiger partial charge in [-0.25, -0.2) is 0 Å². The van der Waals surface area contributed by atoms with Crippen LogP contribution in [0, 0.1) is 0 Å². The van der Waals surface area contributed by atoms with E-state index in [1.54, 1.807) is 12.1 Å². The van der Waals surface area contributed by atoms with Gasteiger partial charge in [-0.1, -0.05) is 36.4 Å². The lowest BCUT2D eigenvalue weighted by molar-refractivity contribution is 0.0910. The highest BCUT2D eigenvalue weighted by molar-refractivity contribution is 5.95. The summed E-state index contributed by atoms with van der Waals surface area (Å²) in [6.07, 6.45) is 0.725. The molecule has 0 aromatic heterocycles. The quantitative estimate of drug-likeness (QED) is 0.825. The number of carbonyl (C=O) groups is 1. The molecule has 2 aromatic carbocycles. The molecule has 122 valence electrons. The fourth-order valence-corrected chi connectivity index (χ4v) is 2.27. The Labute approximate surface area is 137 Å². The van der Waals surface area contributed by atoms with Gasteiger partial charge in [0.25, 0.3) is 5.91 Å². The van der Waals surface area contributed by atoms with Crippen molar-refractivity contribution in [3.63, 3.8) is 0 Å². The van der Waals surface area contributed by atoms with Crippen LogP contribution in [-0.4, -0.2) is 18.0 Å². The van der Waals surface area contributed by atoms with E-state index in [0.29, 0.717) is 24.5 Å². The second kappa shape index (κ2) is 7.79. The molecule has 0 aliphatic carbocycles. The third kappa shape index (κ3) is 5.42. The summed E-state index contributed by atoms with van der Waals surface area (Å²) in [5.74, 6) is 0.562. The Bertz CT molecular complexity index is 639. The van der Waals surface area contributed by atoms with Crippen molar-refractivity contribution in [2.45, 2.75) is 32.4 Å². The Balaban J connectivity index is 2.00. The van der Waals surface area contributed by atoms with E-state index in [2.05, 4.69) is 5.32 Å². The second-order valence-corrected chi connectivity index (χ2v) is 6.18. The maximum absolute atomic E-state index is 12.4. The highest BCUT2D eigenvalue weighted by atomic mass is 16.5. The van der Waals surface area contributed by atoms with Crippen LogP contribution >= 0.6 is 0 Å². The lowest BCUT2D eigenvalue weighted by Crippen LogP contribution is -2.44. The lowest BCUT2D eigenvalue weighted by Gasteiger charge is -2.25. The summed E-state index contributed by atoms with van der Waals surface area (Å²) < 4.78 is 5.76. The van der Waals surface area contributed by atoms with Gasteiger partial charge in [0.15, 0.2) is 0 Å². The summed E-state index contributed by atoms with van der Waals surface area (Å²) in [7, 11) is 0. The molecular weight excluding hydrogens is 288 g/mol. The first kappa shape index (κ1) is 17.0. The molecule has 0 atom stereocenters. The van der Waals surface area contributed by atoms with Crippen LogP contribution in [0.3, 0.4) is 0 Å². The molecule has 0 saturated heterocycles. The first-order valence-electron chi connectivity index (χ1n) is 7.79. The molecule has 0 aliphatic rings. The third-order valence-electron chi connectivity index (χ3n) is 3.57. The van der Waals surface area contributed by atoms with Crippen LogP contribution in [0.2, 0.25) is 0 Å². The zero-order chi connectivity index (χ0) is 16.7. The molecule has 3 N–H and O–H groups in total. The minimum atomic E-state index is -0.327. The fraction of sp³-hybridized carbons (Fsp3) is 0.316. The number of amides is 1. The Kier molecular flexibility index (Phi) is 5.77. The van der Waals surface area contributed by atoms with Gasteiger partial charge in [0.05, 0.1) is 0 Å². The highest BCUT2D eigenvalue weighted by Crippen LogP contribution is 2.16. The van der Waals surface area contributed by atoms with Gasteiger partial charge < -0.3 is 15.8 Å². The Morgan fingerprint density at radius 3 is 2.57 bits per heavy atom. The molecule has 2 aromatic rings. The van der Waals surface area contributed by atoms with Crippen LogP contribution in [0.5, 0.6) is 5.75 Å². The van der Waals surface area contributed by atoms with E-state index in [0.717, 1.165) is 12.0 Å².